The molecular weight excluding hydrogens is 228 g/mol. The van der Waals surface area contributed by atoms with Crippen LogP contribution in [0.1, 0.15) is 69.4 Å². The summed E-state index contributed by atoms with van der Waals surface area (Å²) in [7, 11) is 0. The Balaban J connectivity index is 2.15. The van der Waals surface area contributed by atoms with Crippen molar-refractivity contribution in [3.05, 3.63) is 35.4 Å². The van der Waals surface area contributed by atoms with Gasteiger partial charge in [0.25, 0.3) is 0 Å². The third-order valence-corrected chi connectivity index (χ3v) is 3.63. The number of rotatable bonds is 10. The second-order valence-electron chi connectivity index (χ2n) is 5.39. The summed E-state index contributed by atoms with van der Waals surface area (Å²) >= 11 is 0. The van der Waals surface area contributed by atoms with Gasteiger partial charge in [-0.25, -0.2) is 0 Å². The van der Waals surface area contributed by atoms with E-state index in [1.807, 2.05) is 0 Å². The zero-order valence-corrected chi connectivity index (χ0v) is 12.5. The van der Waals surface area contributed by atoms with E-state index < -0.39 is 0 Å². The van der Waals surface area contributed by atoms with Crippen LogP contribution in [0.15, 0.2) is 24.3 Å². The van der Waals surface area contributed by atoms with Crippen molar-refractivity contribution in [2.45, 2.75) is 71.1 Å². The fourth-order valence-corrected chi connectivity index (χ4v) is 2.38. The number of hydrogen-bond acceptors (Lipinski definition) is 0. The van der Waals surface area contributed by atoms with Gasteiger partial charge in [0.15, 0.2) is 0 Å². The Hall–Kier alpha value is -1.22. The number of benzene rings is 1. The molecule has 0 heterocycles. The van der Waals surface area contributed by atoms with E-state index in [4.69, 9.17) is 6.42 Å². The lowest BCUT2D eigenvalue weighted by Gasteiger charge is -2.04. The molecule has 0 aromatic heterocycles. The monoisotopic (exact) mass is 256 g/mol. The van der Waals surface area contributed by atoms with Crippen LogP contribution in [0.25, 0.3) is 0 Å². The molecule has 0 spiro atoms. The molecule has 0 atom stereocenters. The molecule has 0 aliphatic heterocycles. The molecule has 0 nitrogen and oxygen atoms in total. The van der Waals surface area contributed by atoms with Crippen LogP contribution < -0.4 is 0 Å². The smallest absolute Gasteiger partial charge is 0.00892 e. The van der Waals surface area contributed by atoms with Crippen molar-refractivity contribution in [3.8, 4) is 12.3 Å². The van der Waals surface area contributed by atoms with Crippen LogP contribution in [-0.2, 0) is 12.8 Å². The summed E-state index contributed by atoms with van der Waals surface area (Å²) in [5.74, 6) is 2.70. The zero-order valence-electron chi connectivity index (χ0n) is 12.5. The molecule has 19 heavy (non-hydrogen) atoms. The molecule has 1 aromatic carbocycles. The first-order chi connectivity index (χ1) is 9.36. The van der Waals surface area contributed by atoms with Gasteiger partial charge >= 0.3 is 0 Å². The van der Waals surface area contributed by atoms with Gasteiger partial charge in [0.05, 0.1) is 0 Å². The molecule has 0 heteroatoms. The molecule has 0 saturated heterocycles. The first-order valence-electron chi connectivity index (χ1n) is 7.88. The Bertz CT molecular complexity index is 353. The van der Waals surface area contributed by atoms with Crippen LogP contribution >= 0.6 is 0 Å². The lowest BCUT2D eigenvalue weighted by molar-refractivity contribution is 0.607. The molecule has 0 unspecified atom stereocenters. The second kappa shape index (κ2) is 10.7. The van der Waals surface area contributed by atoms with E-state index in [0.29, 0.717) is 0 Å². The Kier molecular flexibility index (Phi) is 8.90. The van der Waals surface area contributed by atoms with Crippen LogP contribution in [0.4, 0.5) is 0 Å². The summed E-state index contributed by atoms with van der Waals surface area (Å²) < 4.78 is 0. The molecule has 0 fully saturated rings. The maximum atomic E-state index is 5.27. The van der Waals surface area contributed by atoms with E-state index in [1.54, 1.807) is 0 Å². The van der Waals surface area contributed by atoms with Crippen molar-refractivity contribution in [1.29, 1.82) is 0 Å². The number of aryl methyl sites for hydroxylation is 2. The minimum absolute atomic E-state index is 0.888. The van der Waals surface area contributed by atoms with Gasteiger partial charge in [-0.1, -0.05) is 63.3 Å². The van der Waals surface area contributed by atoms with E-state index >= 15 is 0 Å². The lowest BCUT2D eigenvalue weighted by atomic mass is 10.0. The fraction of sp³-hybridized carbons (Fsp3) is 0.579. The summed E-state index contributed by atoms with van der Waals surface area (Å²) in [6, 6.07) is 9.11. The highest BCUT2D eigenvalue weighted by Gasteiger charge is 1.96. The molecule has 0 aliphatic carbocycles. The molecule has 0 radical (unpaired) electrons. The highest BCUT2D eigenvalue weighted by molar-refractivity contribution is 5.22. The Labute approximate surface area is 119 Å². The van der Waals surface area contributed by atoms with Crippen LogP contribution in [0, 0.1) is 12.3 Å². The predicted molar refractivity (Wildman–Crippen MR) is 85.3 cm³/mol. The van der Waals surface area contributed by atoms with E-state index in [-0.39, 0.29) is 0 Å². The summed E-state index contributed by atoms with van der Waals surface area (Å²) in [5.41, 5.74) is 2.90. The molecule has 1 rings (SSSR count). The van der Waals surface area contributed by atoms with Gasteiger partial charge in [0, 0.05) is 6.42 Å². The van der Waals surface area contributed by atoms with Crippen molar-refractivity contribution in [2.75, 3.05) is 0 Å². The quantitative estimate of drug-likeness (QED) is 0.380. The SMILES string of the molecule is C#CCCCc1ccc(CCCCCCCC)cc1. The first-order valence-corrected chi connectivity index (χ1v) is 7.88. The normalized spacial score (nSPS) is 10.3. The van der Waals surface area contributed by atoms with Crippen molar-refractivity contribution < 1.29 is 0 Å². The topological polar surface area (TPSA) is 0 Å². The fourth-order valence-electron chi connectivity index (χ4n) is 2.38. The number of hydrogen-bond donors (Lipinski definition) is 0. The largest absolute Gasteiger partial charge is 0.120 e. The predicted octanol–water partition coefficient (Wildman–Crippen LogP) is 5.55. The first kappa shape index (κ1) is 15.8. The van der Waals surface area contributed by atoms with Crippen molar-refractivity contribution >= 4 is 0 Å². The van der Waals surface area contributed by atoms with Gasteiger partial charge < -0.3 is 0 Å². The van der Waals surface area contributed by atoms with Crippen LogP contribution in [0.5, 0.6) is 0 Å². The average Bonchev–Trinajstić information content (AvgIpc) is 2.44. The molecule has 0 saturated carbocycles. The zero-order chi connectivity index (χ0) is 13.8. The lowest BCUT2D eigenvalue weighted by Crippen LogP contribution is -1.89. The number of unbranched alkanes of at least 4 members (excludes halogenated alkanes) is 6. The van der Waals surface area contributed by atoms with E-state index in [2.05, 4.69) is 37.1 Å². The minimum Gasteiger partial charge on any atom is -0.120 e. The standard InChI is InChI=1S/C19H28/c1-3-5-7-8-9-11-13-19-16-14-18(15-17-19)12-10-6-4-2/h2,14-17H,3,5-13H2,1H3. The Morgan fingerprint density at radius 2 is 1.32 bits per heavy atom. The van der Waals surface area contributed by atoms with Crippen molar-refractivity contribution in [1.82, 2.24) is 0 Å². The van der Waals surface area contributed by atoms with Crippen LogP contribution in [0.3, 0.4) is 0 Å². The van der Waals surface area contributed by atoms with Crippen LogP contribution in [-0.4, -0.2) is 0 Å². The molecule has 0 amide bonds. The van der Waals surface area contributed by atoms with Gasteiger partial charge in [-0.2, -0.15) is 0 Å². The molecule has 0 aliphatic rings. The number of terminal acetylenes is 1. The van der Waals surface area contributed by atoms with Crippen molar-refractivity contribution in [3.63, 3.8) is 0 Å². The minimum atomic E-state index is 0.888. The van der Waals surface area contributed by atoms with Crippen molar-refractivity contribution in [2.24, 2.45) is 0 Å². The Morgan fingerprint density at radius 1 is 0.789 bits per heavy atom. The maximum Gasteiger partial charge on any atom is 0.00892 e. The molecule has 104 valence electrons. The Morgan fingerprint density at radius 3 is 1.89 bits per heavy atom. The molecule has 0 N–H and O–H groups in total. The highest BCUT2D eigenvalue weighted by Crippen LogP contribution is 2.12. The van der Waals surface area contributed by atoms with Gasteiger partial charge in [0.2, 0.25) is 0 Å². The third kappa shape index (κ3) is 7.73. The third-order valence-electron chi connectivity index (χ3n) is 3.63. The average molecular weight is 256 g/mol. The van der Waals surface area contributed by atoms with Crippen LogP contribution in [0.2, 0.25) is 0 Å². The summed E-state index contributed by atoms with van der Waals surface area (Å²) in [6.07, 6.45) is 17.9. The van der Waals surface area contributed by atoms with Gasteiger partial charge in [-0.3, -0.25) is 0 Å². The van der Waals surface area contributed by atoms with E-state index in [0.717, 1.165) is 19.3 Å². The van der Waals surface area contributed by atoms with Gasteiger partial charge in [-0.15, -0.1) is 12.3 Å². The summed E-state index contributed by atoms with van der Waals surface area (Å²) in [4.78, 5) is 0. The second-order valence-corrected chi connectivity index (χ2v) is 5.39. The van der Waals surface area contributed by atoms with Gasteiger partial charge in [-0.05, 0) is 36.8 Å². The molecule has 0 bridgehead atoms. The highest BCUT2D eigenvalue weighted by atomic mass is 14.0. The summed E-state index contributed by atoms with van der Waals surface area (Å²) in [5, 5.41) is 0. The molecular formula is C19H28. The van der Waals surface area contributed by atoms with E-state index in [1.165, 1.54) is 56.1 Å². The molecule has 1 aromatic rings. The summed E-state index contributed by atoms with van der Waals surface area (Å²) in [6.45, 7) is 2.27. The van der Waals surface area contributed by atoms with E-state index in [9.17, 15) is 0 Å². The maximum absolute atomic E-state index is 5.27. The van der Waals surface area contributed by atoms with Gasteiger partial charge in [0.1, 0.15) is 0 Å².